The first-order valence-corrected chi connectivity index (χ1v) is 0.651. The molecule has 0 unspecified atom stereocenters. The van der Waals surface area contributed by atoms with Crippen molar-refractivity contribution in [2.75, 3.05) is 0 Å². The van der Waals surface area contributed by atoms with E-state index >= 15 is 0 Å². The molecule has 0 rings (SSSR count). The third-order valence-electron chi connectivity index (χ3n) is 0. The average Bonchev–Trinajstić information content (AvgIpc) is 0.811. The maximum atomic E-state index is 8.56. The van der Waals surface area contributed by atoms with E-state index in [4.69, 9.17) is 15.0 Å². The Kier molecular flexibility index (Phi) is 51.7. The van der Waals surface area contributed by atoms with Crippen molar-refractivity contribution in [3.05, 3.63) is 0 Å². The summed E-state index contributed by atoms with van der Waals surface area (Å²) in [5, 5.41) is 13.9. The minimum atomic E-state index is -1.83. The van der Waals surface area contributed by atoms with Crippen LogP contribution in [0.4, 0.5) is 4.79 Å². The van der Waals surface area contributed by atoms with E-state index in [1.807, 2.05) is 0 Å². The van der Waals surface area contributed by atoms with Crippen molar-refractivity contribution >= 4 is 6.16 Å². The molecule has 0 aliphatic heterocycles. The van der Waals surface area contributed by atoms with Gasteiger partial charge in [-0.1, -0.05) is 0 Å². The summed E-state index contributed by atoms with van der Waals surface area (Å²) >= 11 is 0. The van der Waals surface area contributed by atoms with Crippen LogP contribution in [0.1, 0.15) is 0 Å². The minimum absolute atomic E-state index is 0. The van der Waals surface area contributed by atoms with E-state index in [1.54, 1.807) is 0 Å². The molecule has 0 heterocycles. The van der Waals surface area contributed by atoms with Gasteiger partial charge in [-0.05, 0) is 0 Å². The summed E-state index contributed by atoms with van der Waals surface area (Å²) < 4.78 is 0. The van der Waals surface area contributed by atoms with Crippen molar-refractivity contribution in [1.29, 1.82) is 0 Å². The van der Waals surface area contributed by atoms with Gasteiger partial charge >= 0.3 is 6.16 Å². The Morgan fingerprint density at radius 3 is 1.29 bits per heavy atom. The summed E-state index contributed by atoms with van der Waals surface area (Å²) in [5.74, 6) is 0. The summed E-state index contributed by atoms with van der Waals surface area (Å²) in [6.45, 7) is 0. The molecule has 0 spiro atoms. The van der Waals surface area contributed by atoms with E-state index in [0.717, 1.165) is 0 Å². The molecule has 2 radical (unpaired) electrons. The maximum Gasteiger partial charge on any atom is 0.503 e. The maximum absolute atomic E-state index is 8.56. The van der Waals surface area contributed by atoms with Gasteiger partial charge in [-0.3, -0.25) is 0 Å². The molecule has 0 amide bonds. The number of carboxylic acid groups (broad SMARTS) is 2. The van der Waals surface area contributed by atoms with Crippen molar-refractivity contribution < 1.29 is 137 Å². The van der Waals surface area contributed by atoms with Crippen LogP contribution in [-0.4, -0.2) is 16.4 Å². The second-order valence-electron chi connectivity index (χ2n) is 0.283. The second kappa shape index (κ2) is 16.1. The fourth-order valence-corrected chi connectivity index (χ4v) is 0. The zero-order chi connectivity index (χ0) is 3.58. The second-order valence-corrected chi connectivity index (χ2v) is 0.283. The Hall–Kier alpha value is 3.28. The molecule has 0 saturated heterocycles. The van der Waals surface area contributed by atoms with Gasteiger partial charge in [0, 0.05) is 122 Å². The standard InChI is InChI=1S/CH2O3.Eu.Gd.Y/c2-1(3)4;;;/h(H2,2,3,4);;;. The number of hydrogen-bond donors (Lipinski definition) is 2. The third-order valence-corrected chi connectivity index (χ3v) is 0. The largest absolute Gasteiger partial charge is 0.503 e. The van der Waals surface area contributed by atoms with Crippen LogP contribution in [0.2, 0.25) is 0 Å². The summed E-state index contributed by atoms with van der Waals surface area (Å²) in [7, 11) is 0. The molecule has 0 saturated carbocycles. The molecule has 2 N–H and O–H groups in total. The van der Waals surface area contributed by atoms with Crippen LogP contribution in [0.15, 0.2) is 0 Å². The summed E-state index contributed by atoms with van der Waals surface area (Å²) in [6, 6.07) is 0. The molecule has 0 aliphatic rings. The zero-order valence-corrected chi connectivity index (χ0v) is 10.6. The van der Waals surface area contributed by atoms with Gasteiger partial charge in [-0.25, -0.2) is 4.79 Å². The van der Waals surface area contributed by atoms with Crippen LogP contribution in [0.3, 0.4) is 0 Å². The van der Waals surface area contributed by atoms with E-state index < -0.39 is 6.16 Å². The molecule has 0 aromatic rings. The average molecular weight is 460 g/mol. The van der Waals surface area contributed by atoms with Gasteiger partial charge in [0.05, 0.1) is 0 Å². The van der Waals surface area contributed by atoms with Crippen LogP contribution in [-0.2, 0) is 32.7 Å². The predicted octanol–water partition coefficient (Wildman–Crippen LogP) is 0.220. The molecule has 0 aromatic carbocycles. The molecule has 0 fully saturated rings. The van der Waals surface area contributed by atoms with Crippen molar-refractivity contribution in [2.45, 2.75) is 0 Å². The summed E-state index contributed by atoms with van der Waals surface area (Å²) in [5.41, 5.74) is 0. The first-order chi connectivity index (χ1) is 1.73. The quantitative estimate of drug-likeness (QED) is 0.544. The topological polar surface area (TPSA) is 57.5 Å². The van der Waals surface area contributed by atoms with Gasteiger partial charge < -0.3 is 10.2 Å². The third kappa shape index (κ3) is 45.7. The Labute approximate surface area is 139 Å². The molecule has 0 atom stereocenters. The fourth-order valence-electron chi connectivity index (χ4n) is 0. The minimum Gasteiger partial charge on any atom is -0.450 e. The van der Waals surface area contributed by atoms with Gasteiger partial charge in [0.1, 0.15) is 0 Å². The number of carbonyl (C=O) groups is 1. The van der Waals surface area contributed by atoms with Gasteiger partial charge in [0.15, 0.2) is 0 Å². The molecule has 42 valence electrons. The molecule has 7 heavy (non-hydrogen) atoms. The number of rotatable bonds is 0. The molecule has 0 aromatic heterocycles. The Balaban J connectivity index is -0.0000000150. The van der Waals surface area contributed by atoms with E-state index in [2.05, 4.69) is 0 Å². The van der Waals surface area contributed by atoms with E-state index in [0.29, 0.717) is 0 Å². The summed E-state index contributed by atoms with van der Waals surface area (Å²) in [4.78, 5) is 8.56. The van der Waals surface area contributed by atoms with Crippen LogP contribution in [0.25, 0.3) is 0 Å². The molecule has 6 heteroatoms. The van der Waals surface area contributed by atoms with Gasteiger partial charge in [-0.15, -0.1) is 0 Å². The smallest absolute Gasteiger partial charge is 0.450 e. The number of hydrogen-bond acceptors (Lipinski definition) is 1. The molecule has 0 aliphatic carbocycles. The predicted molar refractivity (Wildman–Crippen MR) is 10.7 cm³/mol. The van der Waals surface area contributed by atoms with Crippen molar-refractivity contribution in [3.8, 4) is 0 Å². The SMILES string of the molecule is O=C(O)O.[Eu].[Gd].[Y]. The molecular weight excluding hydrogens is 458 g/mol. The van der Waals surface area contributed by atoms with E-state index in [9.17, 15) is 0 Å². The Bertz CT molecular complexity index is 37.9. The van der Waals surface area contributed by atoms with E-state index in [1.165, 1.54) is 0 Å². The van der Waals surface area contributed by atoms with Crippen molar-refractivity contribution in [1.82, 2.24) is 0 Å². The van der Waals surface area contributed by atoms with Crippen LogP contribution < -0.4 is 0 Å². The summed E-state index contributed by atoms with van der Waals surface area (Å²) in [6.07, 6.45) is -1.83. The van der Waals surface area contributed by atoms with Crippen molar-refractivity contribution in [3.63, 3.8) is 0 Å². The van der Waals surface area contributed by atoms with Gasteiger partial charge in [0.25, 0.3) is 0 Å². The van der Waals surface area contributed by atoms with Crippen LogP contribution in [0, 0.1) is 89.3 Å². The van der Waals surface area contributed by atoms with Crippen LogP contribution >= 0.6 is 0 Å². The molecule has 3 nitrogen and oxygen atoms in total. The van der Waals surface area contributed by atoms with E-state index in [-0.39, 0.29) is 122 Å². The zero-order valence-electron chi connectivity index (χ0n) is 3.11. The Morgan fingerprint density at radius 2 is 1.29 bits per heavy atom. The normalized spacial score (nSPS) is 3.43. The van der Waals surface area contributed by atoms with Gasteiger partial charge in [0.2, 0.25) is 0 Å². The Morgan fingerprint density at radius 1 is 1.29 bits per heavy atom. The monoisotopic (exact) mass is 462 g/mol. The van der Waals surface area contributed by atoms with Crippen molar-refractivity contribution in [2.24, 2.45) is 0 Å². The first kappa shape index (κ1) is 22.4. The first-order valence-electron chi connectivity index (χ1n) is 0.651. The molecular formula is CH2EuGdO3Y. The molecule has 0 bridgehead atoms. The van der Waals surface area contributed by atoms with Gasteiger partial charge in [-0.2, -0.15) is 0 Å². The van der Waals surface area contributed by atoms with Crippen LogP contribution in [0.5, 0.6) is 0 Å². The fraction of sp³-hybridized carbons (Fsp3) is 0.